The van der Waals surface area contributed by atoms with E-state index in [1.807, 2.05) is 0 Å². The maximum atomic E-state index is 12.1. The molecule has 1 aromatic carbocycles. The highest BCUT2D eigenvalue weighted by atomic mass is 35.5. The van der Waals surface area contributed by atoms with E-state index < -0.39 is 0 Å². The summed E-state index contributed by atoms with van der Waals surface area (Å²) in [4.78, 5) is 36.6. The molecule has 138 valence electrons. The van der Waals surface area contributed by atoms with Crippen LogP contribution in [0.2, 0.25) is 10.0 Å². The Kier molecular flexibility index (Phi) is 6.33. The molecule has 2 amide bonds. The normalized spacial score (nSPS) is 10.4. The van der Waals surface area contributed by atoms with Crippen molar-refractivity contribution >= 4 is 46.4 Å². The highest BCUT2D eigenvalue weighted by molar-refractivity contribution is 7.13. The van der Waals surface area contributed by atoms with Crippen molar-refractivity contribution < 1.29 is 9.59 Å². The monoisotopic (exact) mass is 421 g/mol. The van der Waals surface area contributed by atoms with E-state index in [0.717, 1.165) is 0 Å². The summed E-state index contributed by atoms with van der Waals surface area (Å²) in [6, 6.07) is 6.32. The molecule has 0 aliphatic rings. The van der Waals surface area contributed by atoms with Crippen LogP contribution >= 0.6 is 34.5 Å². The summed E-state index contributed by atoms with van der Waals surface area (Å²) < 4.78 is 0. The molecule has 3 rings (SSSR count). The van der Waals surface area contributed by atoms with Gasteiger partial charge in [0.25, 0.3) is 11.8 Å². The Morgan fingerprint density at radius 3 is 2.41 bits per heavy atom. The summed E-state index contributed by atoms with van der Waals surface area (Å²) in [6.07, 6.45) is 3.22. The first-order valence-electron chi connectivity index (χ1n) is 7.79. The van der Waals surface area contributed by atoms with Crippen LogP contribution in [0.3, 0.4) is 0 Å². The van der Waals surface area contributed by atoms with Gasteiger partial charge >= 0.3 is 0 Å². The van der Waals surface area contributed by atoms with Crippen LogP contribution in [0.15, 0.2) is 42.0 Å². The predicted molar refractivity (Wildman–Crippen MR) is 104 cm³/mol. The molecule has 0 unspecified atom stereocenters. The van der Waals surface area contributed by atoms with Crippen LogP contribution in [0.1, 0.15) is 20.8 Å². The lowest BCUT2D eigenvalue weighted by Crippen LogP contribution is -2.34. The number of amides is 2. The minimum absolute atomic E-state index is 0.251. The van der Waals surface area contributed by atoms with Crippen molar-refractivity contribution in [1.29, 1.82) is 0 Å². The minimum Gasteiger partial charge on any atom is -0.350 e. The zero-order valence-electron chi connectivity index (χ0n) is 13.8. The summed E-state index contributed by atoms with van der Waals surface area (Å²) in [5.74, 6) is -0.173. The highest BCUT2D eigenvalue weighted by Crippen LogP contribution is 2.22. The molecule has 0 bridgehead atoms. The van der Waals surface area contributed by atoms with Gasteiger partial charge in [-0.25, -0.2) is 15.0 Å². The lowest BCUT2D eigenvalue weighted by molar-refractivity contribution is 0.0925. The van der Waals surface area contributed by atoms with Gasteiger partial charge in [0.1, 0.15) is 5.69 Å². The van der Waals surface area contributed by atoms with E-state index in [-0.39, 0.29) is 30.6 Å². The first-order chi connectivity index (χ1) is 13.0. The molecule has 0 fully saturated rings. The number of carbonyl (C=O) groups excluding carboxylic acids is 2. The fraction of sp³-hybridized carbons (Fsp3) is 0.118. The second kappa shape index (κ2) is 8.90. The summed E-state index contributed by atoms with van der Waals surface area (Å²) >= 11 is 13.0. The lowest BCUT2D eigenvalue weighted by Gasteiger charge is -2.07. The number of rotatable bonds is 6. The summed E-state index contributed by atoms with van der Waals surface area (Å²) in [6.45, 7) is 0.504. The minimum atomic E-state index is -0.336. The molecular formula is C17H13Cl2N5O2S. The van der Waals surface area contributed by atoms with E-state index in [2.05, 4.69) is 25.6 Å². The maximum Gasteiger partial charge on any atom is 0.270 e. The zero-order valence-corrected chi connectivity index (χ0v) is 16.1. The van der Waals surface area contributed by atoms with Crippen LogP contribution in [0, 0.1) is 0 Å². The van der Waals surface area contributed by atoms with Gasteiger partial charge in [-0.2, -0.15) is 0 Å². The molecule has 2 heterocycles. The Labute approximate surface area is 168 Å². The number of carbonyl (C=O) groups is 2. The van der Waals surface area contributed by atoms with Crippen LogP contribution in [0.25, 0.3) is 10.8 Å². The van der Waals surface area contributed by atoms with E-state index >= 15 is 0 Å². The van der Waals surface area contributed by atoms with Gasteiger partial charge in [0.05, 0.1) is 10.0 Å². The Morgan fingerprint density at radius 1 is 1.00 bits per heavy atom. The Morgan fingerprint density at radius 2 is 1.70 bits per heavy atom. The molecule has 0 atom stereocenters. The molecule has 27 heavy (non-hydrogen) atoms. The third-order valence-corrected chi connectivity index (χ3v) is 4.95. The fourth-order valence-electron chi connectivity index (χ4n) is 2.07. The van der Waals surface area contributed by atoms with Gasteiger partial charge in [0.2, 0.25) is 0 Å². The van der Waals surface area contributed by atoms with Crippen LogP contribution in [0.4, 0.5) is 0 Å². The Hall–Kier alpha value is -2.55. The predicted octanol–water partition coefficient (Wildman–Crippen LogP) is 3.07. The average molecular weight is 422 g/mol. The first kappa shape index (κ1) is 19.2. The summed E-state index contributed by atoms with van der Waals surface area (Å²) in [7, 11) is 0. The van der Waals surface area contributed by atoms with Gasteiger partial charge in [0.15, 0.2) is 10.8 Å². The molecule has 0 spiro atoms. The SMILES string of the molecule is O=C(NCCNC(=O)c1csc(-c2ncccn2)n1)c1ccc(Cl)c(Cl)c1. The summed E-state index contributed by atoms with van der Waals surface area (Å²) in [5.41, 5.74) is 0.668. The van der Waals surface area contributed by atoms with Crippen molar-refractivity contribution in [3.05, 3.63) is 63.3 Å². The third-order valence-electron chi connectivity index (χ3n) is 3.37. The van der Waals surface area contributed by atoms with E-state index in [0.29, 0.717) is 26.4 Å². The molecule has 7 nitrogen and oxygen atoms in total. The first-order valence-corrected chi connectivity index (χ1v) is 9.42. The van der Waals surface area contributed by atoms with E-state index in [9.17, 15) is 9.59 Å². The third kappa shape index (κ3) is 5.00. The molecular weight excluding hydrogens is 409 g/mol. The Bertz CT molecular complexity index is 965. The fourth-order valence-corrected chi connectivity index (χ4v) is 3.12. The van der Waals surface area contributed by atoms with Gasteiger partial charge in [0, 0.05) is 36.4 Å². The maximum absolute atomic E-state index is 12.1. The largest absolute Gasteiger partial charge is 0.350 e. The van der Waals surface area contributed by atoms with E-state index in [1.54, 1.807) is 36.0 Å². The number of nitrogens with zero attached hydrogens (tertiary/aromatic N) is 3. The zero-order chi connectivity index (χ0) is 19.2. The second-order valence-electron chi connectivity index (χ2n) is 5.25. The summed E-state index contributed by atoms with van der Waals surface area (Å²) in [5, 5.41) is 8.27. The second-order valence-corrected chi connectivity index (χ2v) is 6.92. The standard InChI is InChI=1S/C17H13Cl2N5O2S/c18-11-3-2-10(8-12(11)19)15(25)22-6-7-23-16(26)13-9-27-17(24-13)14-20-4-1-5-21-14/h1-5,8-9H,6-7H2,(H,22,25)(H,23,26). The molecule has 2 aromatic heterocycles. The van der Waals surface area contributed by atoms with E-state index in [1.165, 1.54) is 17.4 Å². The van der Waals surface area contributed by atoms with Gasteiger partial charge in [-0.1, -0.05) is 23.2 Å². The molecule has 0 saturated heterocycles. The van der Waals surface area contributed by atoms with Crippen molar-refractivity contribution in [1.82, 2.24) is 25.6 Å². The number of benzene rings is 1. The highest BCUT2D eigenvalue weighted by Gasteiger charge is 2.13. The number of thiazole rings is 1. The number of nitrogens with one attached hydrogen (secondary N) is 2. The molecule has 3 aromatic rings. The van der Waals surface area contributed by atoms with Crippen molar-refractivity contribution in [3.63, 3.8) is 0 Å². The smallest absolute Gasteiger partial charge is 0.270 e. The van der Waals surface area contributed by atoms with Crippen LogP contribution in [0.5, 0.6) is 0 Å². The van der Waals surface area contributed by atoms with Crippen LogP contribution in [-0.2, 0) is 0 Å². The number of aromatic nitrogens is 3. The van der Waals surface area contributed by atoms with E-state index in [4.69, 9.17) is 23.2 Å². The van der Waals surface area contributed by atoms with Gasteiger partial charge < -0.3 is 10.6 Å². The lowest BCUT2D eigenvalue weighted by atomic mass is 10.2. The molecule has 0 radical (unpaired) electrons. The van der Waals surface area contributed by atoms with Crippen LogP contribution < -0.4 is 10.6 Å². The van der Waals surface area contributed by atoms with Gasteiger partial charge in [-0.3, -0.25) is 9.59 Å². The average Bonchev–Trinajstić information content (AvgIpc) is 3.18. The van der Waals surface area contributed by atoms with Crippen molar-refractivity contribution in [3.8, 4) is 10.8 Å². The van der Waals surface area contributed by atoms with Crippen molar-refractivity contribution in [2.45, 2.75) is 0 Å². The van der Waals surface area contributed by atoms with Crippen molar-refractivity contribution in [2.75, 3.05) is 13.1 Å². The quantitative estimate of drug-likeness (QED) is 0.596. The molecule has 0 saturated carbocycles. The number of halogens is 2. The molecule has 2 N–H and O–H groups in total. The van der Waals surface area contributed by atoms with Gasteiger partial charge in [-0.05, 0) is 24.3 Å². The van der Waals surface area contributed by atoms with Crippen molar-refractivity contribution in [2.24, 2.45) is 0 Å². The Balaban J connectivity index is 1.48. The van der Waals surface area contributed by atoms with Gasteiger partial charge in [-0.15, -0.1) is 11.3 Å². The topological polar surface area (TPSA) is 96.9 Å². The number of hydrogen-bond acceptors (Lipinski definition) is 6. The molecule has 0 aliphatic carbocycles. The molecule has 10 heteroatoms. The van der Waals surface area contributed by atoms with Crippen LogP contribution in [-0.4, -0.2) is 39.9 Å². The number of hydrogen-bond donors (Lipinski definition) is 2. The molecule has 0 aliphatic heterocycles.